The molecule has 0 atom stereocenters. The van der Waals surface area contributed by atoms with Gasteiger partial charge in [0.05, 0.1) is 5.75 Å². The normalized spacial score (nSPS) is 10.2. The first kappa shape index (κ1) is 14.1. The summed E-state index contributed by atoms with van der Waals surface area (Å²) in [6.45, 7) is 0. The summed E-state index contributed by atoms with van der Waals surface area (Å²) in [4.78, 5) is 23.0. The van der Waals surface area contributed by atoms with Crippen LogP contribution < -0.4 is 5.32 Å². The maximum atomic E-state index is 12.7. The second kappa shape index (κ2) is 6.20. The fourth-order valence-corrected chi connectivity index (χ4v) is 2.05. The van der Waals surface area contributed by atoms with Crippen LogP contribution in [0.2, 0.25) is 0 Å². The molecular weight excluding hydrogens is 285 g/mol. The molecule has 0 aliphatic carbocycles. The van der Waals surface area contributed by atoms with Crippen LogP contribution in [0.5, 0.6) is 0 Å². The number of rotatable bonds is 5. The summed E-state index contributed by atoms with van der Waals surface area (Å²) in [6, 6.07) is 7.00. The van der Waals surface area contributed by atoms with Crippen LogP contribution in [-0.2, 0) is 4.79 Å². The van der Waals surface area contributed by atoms with Crippen LogP contribution in [0.4, 0.5) is 10.2 Å². The van der Waals surface area contributed by atoms with Crippen molar-refractivity contribution >= 4 is 29.5 Å². The minimum absolute atomic E-state index is 0.105. The molecule has 0 fully saturated rings. The summed E-state index contributed by atoms with van der Waals surface area (Å²) in [5, 5.41) is 17.1. The average Bonchev–Trinajstić information content (AvgIpc) is 2.87. The van der Waals surface area contributed by atoms with Crippen LogP contribution in [0, 0.1) is 5.82 Å². The molecule has 8 heteroatoms. The highest BCUT2D eigenvalue weighted by Crippen LogP contribution is 2.18. The number of aromatic nitrogens is 2. The summed E-state index contributed by atoms with van der Waals surface area (Å²) in [5.74, 6) is -1.56. The molecule has 0 bridgehead atoms. The van der Waals surface area contributed by atoms with Crippen LogP contribution in [0.25, 0.3) is 0 Å². The number of nitrogens with zero attached hydrogens (tertiary/aromatic N) is 1. The van der Waals surface area contributed by atoms with Crippen LogP contribution in [-0.4, -0.2) is 32.9 Å². The molecule has 2 aromatic rings. The number of carboxylic acids is 1. The molecule has 1 heterocycles. The van der Waals surface area contributed by atoms with E-state index in [-0.39, 0.29) is 29.0 Å². The molecular formula is C12H10FN3O3S. The van der Waals surface area contributed by atoms with Gasteiger partial charge in [0.1, 0.15) is 11.5 Å². The van der Waals surface area contributed by atoms with Gasteiger partial charge in [0.15, 0.2) is 5.82 Å². The Morgan fingerprint density at radius 1 is 1.35 bits per heavy atom. The number of carbonyl (C=O) groups is 2. The monoisotopic (exact) mass is 295 g/mol. The lowest BCUT2D eigenvalue weighted by molar-refractivity contribution is -0.113. The molecule has 1 aromatic heterocycles. The number of anilines is 1. The lowest BCUT2D eigenvalue weighted by Gasteiger charge is -2.02. The van der Waals surface area contributed by atoms with Crippen molar-refractivity contribution < 1.29 is 19.1 Å². The van der Waals surface area contributed by atoms with Crippen molar-refractivity contribution in [3.05, 3.63) is 41.8 Å². The summed E-state index contributed by atoms with van der Waals surface area (Å²) >= 11 is 1.24. The highest BCUT2D eigenvalue weighted by molar-refractivity contribution is 8.00. The van der Waals surface area contributed by atoms with Crippen LogP contribution >= 0.6 is 11.8 Å². The van der Waals surface area contributed by atoms with Gasteiger partial charge in [-0.05, 0) is 24.3 Å². The first-order chi connectivity index (χ1) is 9.54. The van der Waals surface area contributed by atoms with Gasteiger partial charge in [0.25, 0.3) is 0 Å². The maximum absolute atomic E-state index is 12.7. The topological polar surface area (TPSA) is 95.1 Å². The molecule has 104 valence electrons. The zero-order valence-electron chi connectivity index (χ0n) is 10.1. The quantitative estimate of drug-likeness (QED) is 0.733. The number of carbonyl (C=O) groups excluding carboxylic acids is 1. The van der Waals surface area contributed by atoms with Crippen LogP contribution in [0.3, 0.4) is 0 Å². The first-order valence-electron chi connectivity index (χ1n) is 5.51. The largest absolute Gasteiger partial charge is 0.477 e. The van der Waals surface area contributed by atoms with E-state index in [1.807, 2.05) is 0 Å². The zero-order chi connectivity index (χ0) is 14.5. The van der Waals surface area contributed by atoms with Crippen molar-refractivity contribution in [1.82, 2.24) is 10.2 Å². The van der Waals surface area contributed by atoms with Gasteiger partial charge in [0.2, 0.25) is 5.91 Å². The Bertz CT molecular complexity index is 627. The molecule has 0 radical (unpaired) electrons. The van der Waals surface area contributed by atoms with Crippen LogP contribution in [0.1, 0.15) is 10.5 Å². The summed E-state index contributed by atoms with van der Waals surface area (Å²) < 4.78 is 12.7. The van der Waals surface area contributed by atoms with Gasteiger partial charge in [-0.2, -0.15) is 5.10 Å². The molecule has 3 N–H and O–H groups in total. The van der Waals surface area contributed by atoms with E-state index < -0.39 is 5.97 Å². The molecule has 20 heavy (non-hydrogen) atoms. The van der Waals surface area contributed by atoms with Crippen molar-refractivity contribution in [2.75, 3.05) is 11.1 Å². The second-order valence-corrected chi connectivity index (χ2v) is 4.81. The number of H-pyrrole nitrogens is 1. The van der Waals surface area contributed by atoms with E-state index in [1.165, 1.54) is 30.0 Å². The maximum Gasteiger partial charge on any atom is 0.353 e. The van der Waals surface area contributed by atoms with E-state index in [9.17, 15) is 14.0 Å². The van der Waals surface area contributed by atoms with Gasteiger partial charge in [0, 0.05) is 11.0 Å². The number of hydrogen-bond acceptors (Lipinski definition) is 4. The third kappa shape index (κ3) is 3.82. The highest BCUT2D eigenvalue weighted by Gasteiger charge is 2.10. The Hall–Kier alpha value is -2.35. The number of carboxylic acid groups (broad SMARTS) is 1. The van der Waals surface area contributed by atoms with Gasteiger partial charge < -0.3 is 10.4 Å². The average molecular weight is 295 g/mol. The number of amides is 1. The van der Waals surface area contributed by atoms with E-state index in [0.717, 1.165) is 4.90 Å². The first-order valence-corrected chi connectivity index (χ1v) is 6.50. The van der Waals surface area contributed by atoms with E-state index >= 15 is 0 Å². The molecule has 2 rings (SSSR count). The fourth-order valence-electron chi connectivity index (χ4n) is 1.35. The van der Waals surface area contributed by atoms with Crippen molar-refractivity contribution in [3.63, 3.8) is 0 Å². The predicted octanol–water partition coefficient (Wildman–Crippen LogP) is 1.98. The Labute approximate surface area is 117 Å². The third-order valence-corrected chi connectivity index (χ3v) is 3.27. The lowest BCUT2D eigenvalue weighted by Crippen LogP contribution is -2.14. The Morgan fingerprint density at radius 3 is 2.65 bits per heavy atom. The van der Waals surface area contributed by atoms with E-state index in [4.69, 9.17) is 5.11 Å². The standard InChI is InChI=1S/C12H10FN3O3S/c13-7-1-3-8(4-2-7)20-6-11(17)14-10-5-9(12(18)19)15-16-10/h1-5H,6H2,(H,18,19)(H2,14,15,16,17). The van der Waals surface area contributed by atoms with Crippen molar-refractivity contribution in [2.24, 2.45) is 0 Å². The molecule has 6 nitrogen and oxygen atoms in total. The van der Waals surface area contributed by atoms with E-state index in [0.29, 0.717) is 0 Å². The molecule has 0 spiro atoms. The van der Waals surface area contributed by atoms with Crippen molar-refractivity contribution in [3.8, 4) is 0 Å². The fraction of sp³-hybridized carbons (Fsp3) is 0.0833. The smallest absolute Gasteiger partial charge is 0.353 e. The highest BCUT2D eigenvalue weighted by atomic mass is 32.2. The molecule has 0 unspecified atom stereocenters. The second-order valence-electron chi connectivity index (χ2n) is 3.76. The molecule has 1 aromatic carbocycles. The Balaban J connectivity index is 1.85. The molecule has 0 saturated carbocycles. The summed E-state index contributed by atoms with van der Waals surface area (Å²) in [5.41, 5.74) is -0.105. The lowest BCUT2D eigenvalue weighted by atomic mass is 10.4. The molecule has 0 aliphatic rings. The number of halogens is 1. The number of aromatic amines is 1. The number of benzene rings is 1. The van der Waals surface area contributed by atoms with Gasteiger partial charge in [-0.25, -0.2) is 9.18 Å². The van der Waals surface area contributed by atoms with E-state index in [2.05, 4.69) is 15.5 Å². The van der Waals surface area contributed by atoms with Gasteiger partial charge in [-0.1, -0.05) is 0 Å². The van der Waals surface area contributed by atoms with Gasteiger partial charge in [-0.15, -0.1) is 11.8 Å². The Morgan fingerprint density at radius 2 is 2.05 bits per heavy atom. The Kier molecular flexibility index (Phi) is 4.36. The minimum Gasteiger partial charge on any atom is -0.477 e. The number of aromatic carboxylic acids is 1. The zero-order valence-corrected chi connectivity index (χ0v) is 10.9. The summed E-state index contributed by atoms with van der Waals surface area (Å²) in [6.07, 6.45) is 0. The third-order valence-electron chi connectivity index (χ3n) is 2.26. The van der Waals surface area contributed by atoms with Crippen molar-refractivity contribution in [1.29, 1.82) is 0 Å². The number of thioether (sulfide) groups is 1. The predicted molar refractivity (Wildman–Crippen MR) is 71.3 cm³/mol. The molecule has 0 saturated heterocycles. The van der Waals surface area contributed by atoms with E-state index in [1.54, 1.807) is 12.1 Å². The SMILES string of the molecule is O=C(CSc1ccc(F)cc1)Nc1cc(C(=O)O)[nH]n1. The molecule has 1 amide bonds. The van der Waals surface area contributed by atoms with Gasteiger partial charge in [-0.3, -0.25) is 9.89 Å². The number of nitrogens with one attached hydrogen (secondary N) is 2. The van der Waals surface area contributed by atoms with Crippen molar-refractivity contribution in [2.45, 2.75) is 4.90 Å². The van der Waals surface area contributed by atoms with Gasteiger partial charge >= 0.3 is 5.97 Å². The summed E-state index contributed by atoms with van der Waals surface area (Å²) in [7, 11) is 0. The van der Waals surface area contributed by atoms with Crippen LogP contribution in [0.15, 0.2) is 35.2 Å². The molecule has 0 aliphatic heterocycles. The number of hydrogen-bond donors (Lipinski definition) is 3. The minimum atomic E-state index is -1.15.